The van der Waals surface area contributed by atoms with Crippen molar-refractivity contribution >= 4 is 23.4 Å². The third kappa shape index (κ3) is 4.06. The van der Waals surface area contributed by atoms with Gasteiger partial charge in [0.05, 0.1) is 28.5 Å². The molecule has 2 aromatic rings. The van der Waals surface area contributed by atoms with Crippen LogP contribution >= 0.6 is 11.6 Å². The number of nitrogens with two attached hydrogens (primary N) is 1. The van der Waals surface area contributed by atoms with Crippen LogP contribution in [0, 0.1) is 5.92 Å². The number of primary amides is 1. The Balaban J connectivity index is 1.55. The minimum Gasteiger partial charge on any atom is -0.365 e. The Kier molecular flexibility index (Phi) is 5.95. The summed E-state index contributed by atoms with van der Waals surface area (Å²) >= 11 is 6.61. The van der Waals surface area contributed by atoms with Crippen LogP contribution in [-0.2, 0) is 17.9 Å². The number of benzene rings is 1. The first-order valence-corrected chi connectivity index (χ1v) is 11.0. The van der Waals surface area contributed by atoms with Crippen LogP contribution in [0.25, 0.3) is 11.3 Å². The van der Waals surface area contributed by atoms with Crippen LogP contribution < -0.4 is 5.73 Å². The molecule has 1 saturated carbocycles. The second-order valence-corrected chi connectivity index (χ2v) is 8.60. The minimum absolute atomic E-state index is 0.163. The Morgan fingerprint density at radius 1 is 1.07 bits per heavy atom. The van der Waals surface area contributed by atoms with Crippen molar-refractivity contribution in [2.24, 2.45) is 11.7 Å². The SMILES string of the molecule is NC(=O)c1c(Cl)c(-c2ccccc2)n2c1CN(C(=O)CCC1CCCCC1)CC2. The third-order valence-corrected chi connectivity index (χ3v) is 6.75. The zero-order chi connectivity index (χ0) is 20.4. The number of hydrogen-bond donors (Lipinski definition) is 1. The van der Waals surface area contributed by atoms with Crippen LogP contribution in [0.1, 0.15) is 61.0 Å². The molecule has 2 N–H and O–H groups in total. The summed E-state index contributed by atoms with van der Waals surface area (Å²) in [5.74, 6) is 0.301. The van der Waals surface area contributed by atoms with Crippen LogP contribution in [0.3, 0.4) is 0 Å². The highest BCUT2D eigenvalue weighted by Crippen LogP contribution is 2.38. The molecule has 1 fully saturated rings. The zero-order valence-electron chi connectivity index (χ0n) is 16.7. The molecule has 1 aromatic carbocycles. The Morgan fingerprint density at radius 2 is 1.79 bits per heavy atom. The van der Waals surface area contributed by atoms with E-state index in [1.54, 1.807) is 0 Å². The molecule has 0 bridgehead atoms. The van der Waals surface area contributed by atoms with Crippen molar-refractivity contribution in [1.82, 2.24) is 9.47 Å². The Labute approximate surface area is 176 Å². The first-order chi connectivity index (χ1) is 14.1. The van der Waals surface area contributed by atoms with Crippen molar-refractivity contribution in [2.75, 3.05) is 6.54 Å². The average Bonchev–Trinajstić information content (AvgIpc) is 3.04. The first kappa shape index (κ1) is 20.0. The smallest absolute Gasteiger partial charge is 0.252 e. The lowest BCUT2D eigenvalue weighted by atomic mass is 9.86. The summed E-state index contributed by atoms with van der Waals surface area (Å²) in [6.07, 6.45) is 7.95. The van der Waals surface area contributed by atoms with Gasteiger partial charge in [0, 0.05) is 19.5 Å². The topological polar surface area (TPSA) is 68.3 Å². The molecule has 1 aliphatic heterocycles. The third-order valence-electron chi connectivity index (χ3n) is 6.38. The molecule has 1 aliphatic carbocycles. The van der Waals surface area contributed by atoms with Crippen molar-refractivity contribution in [3.8, 4) is 11.3 Å². The standard InChI is InChI=1S/C23H28ClN3O2/c24-21-20(23(25)29)18-15-26(19(28)12-11-16-7-3-1-4-8-16)13-14-27(18)22(21)17-9-5-2-6-10-17/h2,5-6,9-10,16H,1,3-4,7-8,11-15H2,(H2,25,29). The Morgan fingerprint density at radius 3 is 2.48 bits per heavy atom. The van der Waals surface area contributed by atoms with Crippen LogP contribution in [0.2, 0.25) is 5.02 Å². The number of fused-ring (bicyclic) bond motifs is 1. The van der Waals surface area contributed by atoms with Crippen molar-refractivity contribution in [1.29, 1.82) is 0 Å². The molecular formula is C23H28ClN3O2. The highest BCUT2D eigenvalue weighted by atomic mass is 35.5. The van der Waals surface area contributed by atoms with Crippen molar-refractivity contribution < 1.29 is 9.59 Å². The lowest BCUT2D eigenvalue weighted by Gasteiger charge is -2.31. The maximum Gasteiger partial charge on any atom is 0.252 e. The number of halogens is 1. The van der Waals surface area contributed by atoms with Gasteiger partial charge in [0.15, 0.2) is 0 Å². The second-order valence-electron chi connectivity index (χ2n) is 8.22. The molecule has 1 aromatic heterocycles. The van der Waals surface area contributed by atoms with E-state index in [1.807, 2.05) is 35.2 Å². The summed E-state index contributed by atoms with van der Waals surface area (Å²) in [5, 5.41) is 0.384. The van der Waals surface area contributed by atoms with E-state index in [2.05, 4.69) is 4.57 Å². The highest BCUT2D eigenvalue weighted by Gasteiger charge is 2.31. The van der Waals surface area contributed by atoms with Crippen molar-refractivity contribution in [2.45, 2.75) is 58.0 Å². The maximum absolute atomic E-state index is 12.9. The fourth-order valence-electron chi connectivity index (χ4n) is 4.83. The van der Waals surface area contributed by atoms with Gasteiger partial charge < -0.3 is 15.2 Å². The number of amides is 2. The number of rotatable bonds is 5. The Hall–Kier alpha value is -2.27. The molecule has 4 rings (SSSR count). The van der Waals surface area contributed by atoms with Gasteiger partial charge in [-0.3, -0.25) is 9.59 Å². The summed E-state index contributed by atoms with van der Waals surface area (Å²) in [6, 6.07) is 9.78. The van der Waals surface area contributed by atoms with E-state index in [9.17, 15) is 9.59 Å². The zero-order valence-corrected chi connectivity index (χ0v) is 17.5. The maximum atomic E-state index is 12.9. The quantitative estimate of drug-likeness (QED) is 0.777. The van der Waals surface area contributed by atoms with E-state index in [-0.39, 0.29) is 5.91 Å². The fourth-order valence-corrected chi connectivity index (χ4v) is 5.24. The van der Waals surface area contributed by atoms with Crippen molar-refractivity contribution in [3.05, 3.63) is 46.6 Å². The molecule has 0 atom stereocenters. The summed E-state index contributed by atoms with van der Waals surface area (Å²) in [5.41, 5.74) is 8.52. The molecular weight excluding hydrogens is 386 g/mol. The second kappa shape index (κ2) is 8.62. The number of aromatic nitrogens is 1. The van der Waals surface area contributed by atoms with Gasteiger partial charge in [-0.15, -0.1) is 0 Å². The van der Waals surface area contributed by atoms with Gasteiger partial charge >= 0.3 is 0 Å². The summed E-state index contributed by atoms with van der Waals surface area (Å²) in [6.45, 7) is 1.62. The molecule has 0 unspecified atom stereocenters. The lowest BCUT2D eigenvalue weighted by Crippen LogP contribution is -2.39. The molecule has 0 radical (unpaired) electrons. The first-order valence-electron chi connectivity index (χ1n) is 10.6. The van der Waals surface area contributed by atoms with Gasteiger partial charge in [-0.25, -0.2) is 0 Å². The van der Waals surface area contributed by atoms with Gasteiger partial charge in [0.1, 0.15) is 0 Å². The average molecular weight is 414 g/mol. The number of nitrogens with zero attached hydrogens (tertiary/aromatic N) is 2. The van der Waals surface area contributed by atoms with Crippen LogP contribution in [0.4, 0.5) is 0 Å². The number of hydrogen-bond acceptors (Lipinski definition) is 2. The van der Waals surface area contributed by atoms with Crippen molar-refractivity contribution in [3.63, 3.8) is 0 Å². The van der Waals surface area contributed by atoms with Crippen LogP contribution in [0.15, 0.2) is 30.3 Å². The van der Waals surface area contributed by atoms with E-state index in [1.165, 1.54) is 32.1 Å². The van der Waals surface area contributed by atoms with E-state index in [4.69, 9.17) is 17.3 Å². The minimum atomic E-state index is -0.544. The van der Waals surface area contributed by atoms with Gasteiger partial charge in [-0.2, -0.15) is 0 Å². The summed E-state index contributed by atoms with van der Waals surface area (Å²) < 4.78 is 2.06. The van der Waals surface area contributed by atoms with Gasteiger partial charge in [0.2, 0.25) is 5.91 Å². The van der Waals surface area contributed by atoms with Gasteiger partial charge in [-0.05, 0) is 17.9 Å². The molecule has 6 heteroatoms. The highest BCUT2D eigenvalue weighted by molar-refractivity contribution is 6.36. The van der Waals surface area contributed by atoms with Gasteiger partial charge in [0.25, 0.3) is 5.91 Å². The van der Waals surface area contributed by atoms with E-state index >= 15 is 0 Å². The summed E-state index contributed by atoms with van der Waals surface area (Å²) in [7, 11) is 0. The summed E-state index contributed by atoms with van der Waals surface area (Å²) in [4.78, 5) is 26.9. The predicted molar refractivity (Wildman–Crippen MR) is 115 cm³/mol. The van der Waals surface area contributed by atoms with Crippen LogP contribution in [-0.4, -0.2) is 27.8 Å². The van der Waals surface area contributed by atoms with E-state index in [0.29, 0.717) is 42.6 Å². The number of carbonyl (C=O) groups excluding carboxylic acids is 2. The molecule has 2 amide bonds. The normalized spacial score (nSPS) is 17.2. The van der Waals surface area contributed by atoms with Crippen LogP contribution in [0.5, 0.6) is 0 Å². The molecule has 0 saturated heterocycles. The molecule has 5 nitrogen and oxygen atoms in total. The van der Waals surface area contributed by atoms with E-state index in [0.717, 1.165) is 23.4 Å². The monoisotopic (exact) mass is 413 g/mol. The molecule has 0 spiro atoms. The molecule has 2 aliphatic rings. The fraction of sp³-hybridized carbons (Fsp3) is 0.478. The molecule has 2 heterocycles. The lowest BCUT2D eigenvalue weighted by molar-refractivity contribution is -0.133. The van der Waals surface area contributed by atoms with E-state index < -0.39 is 5.91 Å². The van der Waals surface area contributed by atoms with Gasteiger partial charge in [-0.1, -0.05) is 74.0 Å². The predicted octanol–water partition coefficient (Wildman–Crippen LogP) is 4.61. The molecule has 29 heavy (non-hydrogen) atoms. The number of carbonyl (C=O) groups is 2. The Bertz CT molecular complexity index is 901. The molecule has 154 valence electrons. The largest absolute Gasteiger partial charge is 0.365 e.